The minimum Gasteiger partial charge on any atom is -0.465 e. The maximum absolute atomic E-state index is 12.3. The SMILES string of the molecule is COC(=O)c1ccccc1NC(=O)/C=C(/C)c1cc2ccccc2s1. The first kappa shape index (κ1) is 16.9. The van der Waals surface area contributed by atoms with Crippen molar-refractivity contribution in [2.75, 3.05) is 12.4 Å². The molecular formula is C20H17NO3S. The number of para-hydroxylation sites is 1. The Morgan fingerprint density at radius 1 is 1.08 bits per heavy atom. The molecule has 1 N–H and O–H groups in total. The van der Waals surface area contributed by atoms with Gasteiger partial charge in [-0.15, -0.1) is 11.3 Å². The molecule has 5 heteroatoms. The summed E-state index contributed by atoms with van der Waals surface area (Å²) in [5.74, 6) is -0.771. The van der Waals surface area contributed by atoms with Gasteiger partial charge in [-0.1, -0.05) is 30.3 Å². The van der Waals surface area contributed by atoms with Crippen LogP contribution < -0.4 is 5.32 Å². The van der Waals surface area contributed by atoms with Gasteiger partial charge in [0.1, 0.15) is 0 Å². The predicted octanol–water partition coefficient (Wildman–Crippen LogP) is 4.73. The fourth-order valence-corrected chi connectivity index (χ4v) is 3.53. The van der Waals surface area contributed by atoms with Gasteiger partial charge in [-0.3, -0.25) is 4.79 Å². The van der Waals surface area contributed by atoms with E-state index in [0.717, 1.165) is 15.8 Å². The zero-order chi connectivity index (χ0) is 17.8. The Labute approximate surface area is 149 Å². The second-order valence-electron chi connectivity index (χ2n) is 5.50. The quantitative estimate of drug-likeness (QED) is 0.546. The van der Waals surface area contributed by atoms with Crippen molar-refractivity contribution in [3.8, 4) is 0 Å². The lowest BCUT2D eigenvalue weighted by Crippen LogP contribution is -2.13. The number of thiophene rings is 1. The van der Waals surface area contributed by atoms with Crippen LogP contribution in [-0.2, 0) is 9.53 Å². The Kier molecular flexibility index (Phi) is 4.95. The van der Waals surface area contributed by atoms with Crippen molar-refractivity contribution >= 4 is 44.6 Å². The molecule has 0 spiro atoms. The van der Waals surface area contributed by atoms with Gasteiger partial charge in [-0.2, -0.15) is 0 Å². The van der Waals surface area contributed by atoms with Crippen molar-refractivity contribution in [1.29, 1.82) is 0 Å². The number of hydrogen-bond donors (Lipinski definition) is 1. The largest absolute Gasteiger partial charge is 0.465 e. The predicted molar refractivity (Wildman–Crippen MR) is 102 cm³/mol. The standard InChI is InChI=1S/C20H17NO3S/c1-13(18-12-14-7-3-6-10-17(14)25-18)11-19(22)21-16-9-5-4-8-15(16)20(23)24-2/h3-12H,1-2H3,(H,21,22)/b13-11-. The van der Waals surface area contributed by atoms with Gasteiger partial charge in [0.15, 0.2) is 0 Å². The summed E-state index contributed by atoms with van der Waals surface area (Å²) >= 11 is 1.64. The summed E-state index contributed by atoms with van der Waals surface area (Å²) in [5.41, 5.74) is 1.63. The Balaban J connectivity index is 1.82. The van der Waals surface area contributed by atoms with E-state index < -0.39 is 5.97 Å². The smallest absolute Gasteiger partial charge is 0.339 e. The van der Waals surface area contributed by atoms with Gasteiger partial charge < -0.3 is 10.1 Å². The average molecular weight is 351 g/mol. The normalized spacial score (nSPS) is 11.4. The van der Waals surface area contributed by atoms with Gasteiger partial charge in [0.2, 0.25) is 5.91 Å². The fourth-order valence-electron chi connectivity index (χ4n) is 2.49. The number of anilines is 1. The molecule has 0 aliphatic rings. The molecule has 0 aliphatic heterocycles. The van der Waals surface area contributed by atoms with Crippen LogP contribution in [0.5, 0.6) is 0 Å². The number of carbonyl (C=O) groups is 2. The summed E-state index contributed by atoms with van der Waals surface area (Å²) in [6, 6.07) is 16.9. The number of esters is 1. The molecule has 4 nitrogen and oxygen atoms in total. The Morgan fingerprint density at radius 2 is 1.80 bits per heavy atom. The lowest BCUT2D eigenvalue weighted by Gasteiger charge is -2.08. The first-order valence-electron chi connectivity index (χ1n) is 7.74. The molecule has 0 fully saturated rings. The average Bonchev–Trinajstić information content (AvgIpc) is 3.06. The van der Waals surface area contributed by atoms with E-state index >= 15 is 0 Å². The van der Waals surface area contributed by atoms with Crippen molar-refractivity contribution in [3.05, 3.63) is 71.1 Å². The van der Waals surface area contributed by atoms with Gasteiger partial charge in [0, 0.05) is 15.7 Å². The summed E-state index contributed by atoms with van der Waals surface area (Å²) in [5, 5.41) is 3.91. The highest BCUT2D eigenvalue weighted by Crippen LogP contribution is 2.30. The summed E-state index contributed by atoms with van der Waals surface area (Å²) in [6.07, 6.45) is 1.54. The molecule has 2 aromatic carbocycles. The van der Waals surface area contributed by atoms with Crippen LogP contribution in [0.4, 0.5) is 5.69 Å². The van der Waals surface area contributed by atoms with Crippen LogP contribution in [0.1, 0.15) is 22.2 Å². The van der Waals surface area contributed by atoms with Gasteiger partial charge >= 0.3 is 5.97 Å². The number of amides is 1. The van der Waals surface area contributed by atoms with E-state index in [1.807, 2.05) is 19.1 Å². The number of benzene rings is 2. The van der Waals surface area contributed by atoms with E-state index in [9.17, 15) is 9.59 Å². The number of ether oxygens (including phenoxy) is 1. The van der Waals surface area contributed by atoms with E-state index in [1.54, 1.807) is 41.7 Å². The third-order valence-corrected chi connectivity index (χ3v) is 5.00. The van der Waals surface area contributed by atoms with Gasteiger partial charge in [0.05, 0.1) is 18.4 Å². The van der Waals surface area contributed by atoms with Crippen molar-refractivity contribution in [3.63, 3.8) is 0 Å². The Bertz CT molecular complexity index is 939. The van der Waals surface area contributed by atoms with E-state index in [-0.39, 0.29) is 5.91 Å². The first-order chi connectivity index (χ1) is 12.1. The van der Waals surface area contributed by atoms with Crippen molar-refractivity contribution in [1.82, 2.24) is 0 Å². The molecule has 0 saturated heterocycles. The van der Waals surface area contributed by atoms with E-state index in [1.165, 1.54) is 11.8 Å². The number of fused-ring (bicyclic) bond motifs is 1. The molecule has 0 aliphatic carbocycles. The molecule has 1 heterocycles. The third-order valence-electron chi connectivity index (χ3n) is 3.75. The van der Waals surface area contributed by atoms with E-state index in [0.29, 0.717) is 11.3 Å². The second kappa shape index (κ2) is 7.32. The molecule has 1 aromatic heterocycles. The number of rotatable bonds is 4. The third kappa shape index (κ3) is 3.78. The number of methoxy groups -OCH3 is 1. The minimum absolute atomic E-state index is 0.286. The van der Waals surface area contributed by atoms with Crippen LogP contribution in [0, 0.1) is 0 Å². The molecule has 0 atom stereocenters. The van der Waals surface area contributed by atoms with E-state index in [2.05, 4.69) is 23.5 Å². The first-order valence-corrected chi connectivity index (χ1v) is 8.55. The molecular weight excluding hydrogens is 334 g/mol. The molecule has 1 amide bonds. The highest BCUT2D eigenvalue weighted by atomic mass is 32.1. The molecule has 25 heavy (non-hydrogen) atoms. The van der Waals surface area contributed by atoms with Crippen LogP contribution in [-0.4, -0.2) is 19.0 Å². The number of nitrogens with one attached hydrogen (secondary N) is 1. The highest BCUT2D eigenvalue weighted by molar-refractivity contribution is 7.20. The van der Waals surface area contributed by atoms with Gasteiger partial charge in [0.25, 0.3) is 0 Å². The summed E-state index contributed by atoms with van der Waals surface area (Å²) in [4.78, 5) is 25.2. The van der Waals surface area contributed by atoms with Crippen molar-refractivity contribution < 1.29 is 14.3 Å². The molecule has 0 unspecified atom stereocenters. The number of carbonyl (C=O) groups excluding carboxylic acids is 2. The van der Waals surface area contributed by atoms with Gasteiger partial charge in [-0.25, -0.2) is 4.79 Å². The molecule has 126 valence electrons. The molecule has 3 aromatic rings. The molecule has 0 bridgehead atoms. The highest BCUT2D eigenvalue weighted by Gasteiger charge is 2.13. The van der Waals surface area contributed by atoms with Crippen LogP contribution in [0.15, 0.2) is 60.7 Å². The minimum atomic E-state index is -0.485. The molecule has 0 radical (unpaired) electrons. The van der Waals surface area contributed by atoms with E-state index in [4.69, 9.17) is 4.74 Å². The Hall–Kier alpha value is -2.92. The fraction of sp³-hybridized carbons (Fsp3) is 0.100. The Morgan fingerprint density at radius 3 is 2.56 bits per heavy atom. The lowest BCUT2D eigenvalue weighted by atomic mass is 10.1. The van der Waals surface area contributed by atoms with Crippen LogP contribution in [0.3, 0.4) is 0 Å². The van der Waals surface area contributed by atoms with Gasteiger partial charge in [-0.05, 0) is 42.1 Å². The summed E-state index contributed by atoms with van der Waals surface area (Å²) in [6.45, 7) is 1.90. The second-order valence-corrected chi connectivity index (χ2v) is 6.59. The monoisotopic (exact) mass is 351 g/mol. The van der Waals surface area contributed by atoms with Crippen LogP contribution in [0.2, 0.25) is 0 Å². The molecule has 0 saturated carbocycles. The number of hydrogen-bond acceptors (Lipinski definition) is 4. The van der Waals surface area contributed by atoms with Crippen molar-refractivity contribution in [2.45, 2.75) is 6.92 Å². The summed E-state index contributed by atoms with van der Waals surface area (Å²) in [7, 11) is 1.31. The topological polar surface area (TPSA) is 55.4 Å². The number of allylic oxidation sites excluding steroid dienone is 1. The van der Waals surface area contributed by atoms with Crippen molar-refractivity contribution in [2.24, 2.45) is 0 Å². The zero-order valence-electron chi connectivity index (χ0n) is 13.9. The maximum Gasteiger partial charge on any atom is 0.339 e. The zero-order valence-corrected chi connectivity index (χ0v) is 14.7. The lowest BCUT2D eigenvalue weighted by molar-refractivity contribution is -0.111. The van der Waals surface area contributed by atoms with Crippen LogP contribution >= 0.6 is 11.3 Å². The molecule has 3 rings (SSSR count). The van der Waals surface area contributed by atoms with Crippen LogP contribution in [0.25, 0.3) is 15.7 Å². The maximum atomic E-state index is 12.3. The summed E-state index contributed by atoms with van der Waals surface area (Å²) < 4.78 is 5.92.